The standard InChI is InChI=1S/C23H30N4O3.CH4O/c1-23(2,29)17-13-18(24)15(14-25-16-8-5-4-6-9-16)12-20(17)27-22(28)19-10-7-11-21(26-19)30-3;1-2/h7,10-14,16,29H,4-6,8-9,24H2,1-3H3,(H,27,28);2H,1H3. The van der Waals surface area contributed by atoms with Gasteiger partial charge in [0.05, 0.1) is 12.7 Å². The number of ether oxygens (including phenoxy) is 1. The van der Waals surface area contributed by atoms with E-state index in [0.29, 0.717) is 34.4 Å². The number of carbonyl (C=O) groups is 1. The van der Waals surface area contributed by atoms with E-state index < -0.39 is 11.5 Å². The van der Waals surface area contributed by atoms with Crippen LogP contribution in [0, 0.1) is 0 Å². The van der Waals surface area contributed by atoms with Crippen molar-refractivity contribution in [3.63, 3.8) is 0 Å². The molecule has 8 heteroatoms. The van der Waals surface area contributed by atoms with Crippen LogP contribution < -0.4 is 15.8 Å². The molecule has 1 aromatic carbocycles. The fourth-order valence-electron chi connectivity index (χ4n) is 3.61. The molecule has 3 rings (SSSR count). The Morgan fingerprint density at radius 1 is 1.25 bits per heavy atom. The van der Waals surface area contributed by atoms with Gasteiger partial charge in [-0.25, -0.2) is 4.98 Å². The zero-order valence-electron chi connectivity index (χ0n) is 19.3. The number of carbonyl (C=O) groups excluding carboxylic acids is 1. The van der Waals surface area contributed by atoms with Gasteiger partial charge in [-0.2, -0.15) is 0 Å². The van der Waals surface area contributed by atoms with Gasteiger partial charge >= 0.3 is 0 Å². The molecular formula is C24H34N4O4. The average Bonchev–Trinajstić information content (AvgIpc) is 2.80. The third-order valence-electron chi connectivity index (χ3n) is 5.29. The number of hydrogen-bond donors (Lipinski definition) is 4. The van der Waals surface area contributed by atoms with Gasteiger partial charge in [0.25, 0.3) is 5.91 Å². The Bertz CT molecular complexity index is 932. The number of aliphatic hydroxyl groups excluding tert-OH is 1. The predicted molar refractivity (Wildman–Crippen MR) is 127 cm³/mol. The van der Waals surface area contributed by atoms with Crippen molar-refractivity contribution in [3.05, 3.63) is 47.2 Å². The smallest absolute Gasteiger partial charge is 0.274 e. The van der Waals surface area contributed by atoms with E-state index in [0.717, 1.165) is 20.0 Å². The van der Waals surface area contributed by atoms with Crippen LogP contribution in [-0.2, 0) is 5.60 Å². The number of nitrogens with zero attached hydrogens (tertiary/aromatic N) is 2. The summed E-state index contributed by atoms with van der Waals surface area (Å²) in [6.45, 7) is 3.30. The minimum Gasteiger partial charge on any atom is -0.481 e. The number of benzene rings is 1. The molecule has 1 aromatic heterocycles. The Labute approximate surface area is 189 Å². The second kappa shape index (κ2) is 11.6. The third kappa shape index (κ3) is 6.77. The second-order valence-corrected chi connectivity index (χ2v) is 8.18. The molecule has 0 unspecified atom stereocenters. The van der Waals surface area contributed by atoms with Gasteiger partial charge in [-0.05, 0) is 44.9 Å². The number of aliphatic hydroxyl groups is 2. The number of methoxy groups -OCH3 is 1. The predicted octanol–water partition coefficient (Wildman–Crippen LogP) is 3.51. The summed E-state index contributed by atoms with van der Waals surface area (Å²) in [5.41, 5.74) is 7.46. The van der Waals surface area contributed by atoms with Crippen molar-refractivity contribution in [1.82, 2.24) is 4.98 Å². The first-order chi connectivity index (χ1) is 15.3. The maximum absolute atomic E-state index is 12.8. The van der Waals surface area contributed by atoms with Crippen molar-refractivity contribution in [1.29, 1.82) is 0 Å². The van der Waals surface area contributed by atoms with Crippen LogP contribution in [0.5, 0.6) is 5.88 Å². The summed E-state index contributed by atoms with van der Waals surface area (Å²) in [6, 6.07) is 8.73. The summed E-state index contributed by atoms with van der Waals surface area (Å²) in [6.07, 6.45) is 7.61. The SMILES string of the molecule is CO.COc1cccc(C(=O)Nc2cc(C=NC3CCCCC3)c(N)cc2C(C)(C)O)n1. The lowest BCUT2D eigenvalue weighted by Crippen LogP contribution is -2.22. The van der Waals surface area contributed by atoms with Crippen molar-refractivity contribution in [3.8, 4) is 5.88 Å². The lowest BCUT2D eigenvalue weighted by atomic mass is 9.93. The van der Waals surface area contributed by atoms with E-state index in [1.165, 1.54) is 26.4 Å². The zero-order chi connectivity index (χ0) is 23.7. The van der Waals surface area contributed by atoms with E-state index in [9.17, 15) is 9.90 Å². The number of aromatic nitrogens is 1. The van der Waals surface area contributed by atoms with Crippen LogP contribution in [0.15, 0.2) is 35.3 Å². The molecule has 32 heavy (non-hydrogen) atoms. The summed E-state index contributed by atoms with van der Waals surface area (Å²) in [4.78, 5) is 21.7. The maximum atomic E-state index is 12.8. The monoisotopic (exact) mass is 442 g/mol. The molecule has 0 saturated heterocycles. The molecular weight excluding hydrogens is 408 g/mol. The molecule has 8 nitrogen and oxygen atoms in total. The van der Waals surface area contributed by atoms with E-state index in [2.05, 4.69) is 10.3 Å². The molecule has 5 N–H and O–H groups in total. The van der Waals surface area contributed by atoms with Crippen molar-refractivity contribution in [2.24, 2.45) is 4.99 Å². The highest BCUT2D eigenvalue weighted by molar-refractivity contribution is 6.04. The van der Waals surface area contributed by atoms with E-state index in [1.807, 2.05) is 0 Å². The van der Waals surface area contributed by atoms with Gasteiger partial charge in [0, 0.05) is 47.9 Å². The van der Waals surface area contributed by atoms with Crippen LogP contribution in [0.2, 0.25) is 0 Å². The Morgan fingerprint density at radius 3 is 2.56 bits per heavy atom. The number of aliphatic imine (C=N–C) groups is 1. The van der Waals surface area contributed by atoms with E-state index >= 15 is 0 Å². The molecule has 1 aliphatic rings. The van der Waals surface area contributed by atoms with Crippen molar-refractivity contribution < 1.29 is 19.7 Å². The molecule has 0 aliphatic heterocycles. The molecule has 1 heterocycles. The van der Waals surface area contributed by atoms with Gasteiger partial charge in [-0.15, -0.1) is 0 Å². The third-order valence-corrected chi connectivity index (χ3v) is 5.29. The number of hydrogen-bond acceptors (Lipinski definition) is 7. The van der Waals surface area contributed by atoms with Gasteiger partial charge in [-0.1, -0.05) is 25.3 Å². The Morgan fingerprint density at radius 2 is 1.94 bits per heavy atom. The average molecular weight is 443 g/mol. The molecule has 0 radical (unpaired) electrons. The highest BCUT2D eigenvalue weighted by Gasteiger charge is 2.23. The summed E-state index contributed by atoms with van der Waals surface area (Å²) >= 11 is 0. The molecule has 1 aliphatic carbocycles. The summed E-state index contributed by atoms with van der Waals surface area (Å²) in [5, 5.41) is 20.5. The summed E-state index contributed by atoms with van der Waals surface area (Å²) in [7, 11) is 2.49. The van der Waals surface area contributed by atoms with Crippen LogP contribution in [0.25, 0.3) is 0 Å². The number of pyridine rings is 1. The summed E-state index contributed by atoms with van der Waals surface area (Å²) < 4.78 is 5.09. The zero-order valence-corrected chi connectivity index (χ0v) is 19.3. The largest absolute Gasteiger partial charge is 0.481 e. The van der Waals surface area contributed by atoms with Crippen molar-refractivity contribution in [2.75, 3.05) is 25.3 Å². The maximum Gasteiger partial charge on any atom is 0.274 e. The second-order valence-electron chi connectivity index (χ2n) is 8.18. The molecule has 1 fully saturated rings. The van der Waals surface area contributed by atoms with Crippen molar-refractivity contribution in [2.45, 2.75) is 57.6 Å². The van der Waals surface area contributed by atoms with Gasteiger partial charge in [0.1, 0.15) is 5.69 Å². The van der Waals surface area contributed by atoms with E-state index in [4.69, 9.17) is 20.6 Å². The molecule has 1 saturated carbocycles. The lowest BCUT2D eigenvalue weighted by Gasteiger charge is -2.23. The minimum atomic E-state index is -1.20. The van der Waals surface area contributed by atoms with Crippen LogP contribution in [0.1, 0.15) is 67.6 Å². The highest BCUT2D eigenvalue weighted by Crippen LogP contribution is 2.32. The molecule has 2 aromatic rings. The number of amides is 1. The molecule has 174 valence electrons. The number of nitrogens with two attached hydrogens (primary N) is 1. The lowest BCUT2D eigenvalue weighted by molar-refractivity contribution is 0.0793. The number of anilines is 2. The Hall–Kier alpha value is -2.97. The Balaban J connectivity index is 0.00000176. The molecule has 1 amide bonds. The van der Waals surface area contributed by atoms with Crippen LogP contribution in [0.4, 0.5) is 11.4 Å². The normalized spacial score (nSPS) is 14.6. The van der Waals surface area contributed by atoms with E-state index in [-0.39, 0.29) is 5.69 Å². The van der Waals surface area contributed by atoms with Crippen LogP contribution in [-0.4, -0.2) is 47.6 Å². The first-order valence-corrected chi connectivity index (χ1v) is 10.7. The van der Waals surface area contributed by atoms with Gasteiger partial charge < -0.3 is 26.0 Å². The molecule has 0 spiro atoms. The summed E-state index contributed by atoms with van der Waals surface area (Å²) in [5.74, 6) is -0.0534. The molecule has 0 atom stereocenters. The van der Waals surface area contributed by atoms with Crippen LogP contribution >= 0.6 is 0 Å². The number of nitrogen functional groups attached to an aromatic ring is 1. The quantitative estimate of drug-likeness (QED) is 0.400. The highest BCUT2D eigenvalue weighted by atomic mass is 16.5. The van der Waals surface area contributed by atoms with Gasteiger partial charge in [-0.3, -0.25) is 9.79 Å². The van der Waals surface area contributed by atoms with Crippen molar-refractivity contribution >= 4 is 23.5 Å². The first kappa shape index (κ1) is 25.3. The number of nitrogens with one attached hydrogen (secondary N) is 1. The number of rotatable bonds is 6. The minimum absolute atomic E-state index is 0.213. The molecule has 0 bridgehead atoms. The fourth-order valence-corrected chi connectivity index (χ4v) is 3.61. The fraction of sp³-hybridized carbons (Fsp3) is 0.458. The van der Waals surface area contributed by atoms with Crippen LogP contribution in [0.3, 0.4) is 0 Å². The van der Waals surface area contributed by atoms with E-state index in [1.54, 1.807) is 50.4 Å². The first-order valence-electron chi connectivity index (χ1n) is 10.7. The van der Waals surface area contributed by atoms with Gasteiger partial charge in [0.2, 0.25) is 5.88 Å². The Kier molecular flexibility index (Phi) is 9.16. The van der Waals surface area contributed by atoms with Gasteiger partial charge in [0.15, 0.2) is 0 Å². The topological polar surface area (TPSA) is 130 Å².